The lowest BCUT2D eigenvalue weighted by Crippen LogP contribution is -2.47. The van der Waals surface area contributed by atoms with E-state index in [1.807, 2.05) is 0 Å². The van der Waals surface area contributed by atoms with Crippen molar-refractivity contribution in [1.29, 1.82) is 0 Å². The Labute approximate surface area is 181 Å². The molecule has 0 amide bonds. The lowest BCUT2D eigenvalue weighted by Gasteiger charge is -2.36. The topological polar surface area (TPSA) is 61.7 Å². The van der Waals surface area contributed by atoms with E-state index >= 15 is 0 Å². The summed E-state index contributed by atoms with van der Waals surface area (Å²) >= 11 is 3.54. The van der Waals surface area contributed by atoms with Gasteiger partial charge in [0.15, 0.2) is 5.16 Å². The van der Waals surface area contributed by atoms with Crippen LogP contribution in [0.1, 0.15) is 44.1 Å². The van der Waals surface area contributed by atoms with E-state index in [1.54, 1.807) is 23.1 Å². The number of fused-ring (bicyclic) bond motifs is 3. The van der Waals surface area contributed by atoms with Crippen LogP contribution in [0.2, 0.25) is 0 Å². The molecule has 0 aromatic carbocycles. The van der Waals surface area contributed by atoms with Gasteiger partial charge >= 0.3 is 0 Å². The van der Waals surface area contributed by atoms with Gasteiger partial charge in [-0.05, 0) is 25.3 Å². The van der Waals surface area contributed by atoms with Crippen LogP contribution in [0.3, 0.4) is 0 Å². The molecule has 0 radical (unpaired) electrons. The van der Waals surface area contributed by atoms with Crippen LogP contribution in [0, 0.1) is 0 Å². The molecule has 6 nitrogen and oxygen atoms in total. The number of anilines is 1. The van der Waals surface area contributed by atoms with Crippen molar-refractivity contribution in [3.05, 3.63) is 10.4 Å². The average Bonchev–Trinajstić information content (AvgIpc) is 3.10. The first-order valence-electron chi connectivity index (χ1n) is 10.7. The monoisotopic (exact) mass is 436 g/mol. The van der Waals surface area contributed by atoms with Crippen LogP contribution >= 0.6 is 23.1 Å². The summed E-state index contributed by atoms with van der Waals surface area (Å²) in [5, 5.41) is 11.4. The number of hydrogen-bond donors (Lipinski definition) is 1. The van der Waals surface area contributed by atoms with Crippen molar-refractivity contribution in [2.24, 2.45) is 0 Å². The van der Waals surface area contributed by atoms with Gasteiger partial charge in [-0.25, -0.2) is 9.97 Å². The molecule has 8 heteroatoms. The minimum Gasteiger partial charge on any atom is -0.395 e. The Balaban J connectivity index is 1.73. The van der Waals surface area contributed by atoms with E-state index in [4.69, 9.17) is 14.7 Å². The molecule has 2 aliphatic heterocycles. The van der Waals surface area contributed by atoms with E-state index in [2.05, 4.69) is 30.6 Å². The van der Waals surface area contributed by atoms with Crippen LogP contribution < -0.4 is 4.90 Å². The molecule has 1 atom stereocenters. The first-order valence-corrected chi connectivity index (χ1v) is 12.5. The molecule has 0 spiro atoms. The second-order valence-electron chi connectivity index (χ2n) is 8.18. The summed E-state index contributed by atoms with van der Waals surface area (Å²) in [4.78, 5) is 17.2. The smallest absolute Gasteiger partial charge is 0.190 e. The van der Waals surface area contributed by atoms with Crippen LogP contribution in [0.15, 0.2) is 5.16 Å². The predicted octanol–water partition coefficient (Wildman–Crippen LogP) is 3.55. The Morgan fingerprint density at radius 3 is 2.69 bits per heavy atom. The Hall–Kier alpha value is -0.930. The standard InChI is InChI=1S/C21H32N4O2S2/c1-4-12-28-20-22-18(25-8-6-24(7-9-25)10-11-26)17-15-13-21(3,5-2)27-14-16(15)29-19(17)23-20/h26H,4-14H2,1-3H3. The number of piperazine rings is 1. The molecule has 2 aromatic rings. The maximum Gasteiger partial charge on any atom is 0.190 e. The molecule has 0 bridgehead atoms. The molecule has 1 saturated heterocycles. The molecule has 4 rings (SSSR count). The molecule has 1 fully saturated rings. The highest BCUT2D eigenvalue weighted by atomic mass is 32.2. The SMILES string of the molecule is CCCSc1nc(N2CCN(CCO)CC2)c2c3c(sc2n1)COC(C)(CC)C3. The Bertz CT molecular complexity index is 851. The van der Waals surface area contributed by atoms with E-state index in [0.717, 1.165) is 73.5 Å². The summed E-state index contributed by atoms with van der Waals surface area (Å²) in [5.74, 6) is 2.15. The highest BCUT2D eigenvalue weighted by Crippen LogP contribution is 2.43. The zero-order valence-corrected chi connectivity index (χ0v) is 19.4. The molecule has 2 aromatic heterocycles. The number of aliphatic hydroxyl groups is 1. The molecular weight excluding hydrogens is 404 g/mol. The Kier molecular flexibility index (Phi) is 6.65. The zero-order chi connectivity index (χ0) is 20.4. The van der Waals surface area contributed by atoms with Gasteiger partial charge in [0.1, 0.15) is 10.6 Å². The van der Waals surface area contributed by atoms with Crippen LogP contribution in [0.25, 0.3) is 10.2 Å². The number of β-amino-alcohol motifs (C(OH)–C–C–N with tert-alkyl or cyclic N) is 1. The van der Waals surface area contributed by atoms with Crippen molar-refractivity contribution in [2.75, 3.05) is 50.0 Å². The fourth-order valence-electron chi connectivity index (χ4n) is 4.07. The number of hydrogen-bond acceptors (Lipinski definition) is 8. The number of nitrogens with zero attached hydrogens (tertiary/aromatic N) is 4. The number of thioether (sulfide) groups is 1. The zero-order valence-electron chi connectivity index (χ0n) is 17.7. The molecule has 1 N–H and O–H groups in total. The lowest BCUT2D eigenvalue weighted by atomic mass is 9.90. The summed E-state index contributed by atoms with van der Waals surface area (Å²) in [5.41, 5.74) is 1.30. The number of aromatic nitrogens is 2. The number of ether oxygens (including phenoxy) is 1. The van der Waals surface area contributed by atoms with E-state index in [0.29, 0.717) is 6.61 Å². The van der Waals surface area contributed by atoms with E-state index in [1.165, 1.54) is 15.8 Å². The summed E-state index contributed by atoms with van der Waals surface area (Å²) in [6, 6.07) is 0. The van der Waals surface area contributed by atoms with Crippen LogP contribution in [-0.4, -0.2) is 70.7 Å². The second-order valence-corrected chi connectivity index (χ2v) is 10.3. The predicted molar refractivity (Wildman–Crippen MR) is 121 cm³/mol. The third-order valence-electron chi connectivity index (χ3n) is 6.07. The van der Waals surface area contributed by atoms with Gasteiger partial charge in [0.25, 0.3) is 0 Å². The molecule has 0 saturated carbocycles. The van der Waals surface area contributed by atoms with Crippen molar-refractivity contribution in [2.45, 2.75) is 57.4 Å². The maximum absolute atomic E-state index is 9.25. The minimum atomic E-state index is -0.103. The van der Waals surface area contributed by atoms with Gasteiger partial charge in [-0.15, -0.1) is 11.3 Å². The number of thiophene rings is 1. The van der Waals surface area contributed by atoms with Crippen molar-refractivity contribution in [1.82, 2.24) is 14.9 Å². The third-order valence-corrected chi connectivity index (χ3v) is 8.22. The van der Waals surface area contributed by atoms with Gasteiger partial charge in [0, 0.05) is 49.8 Å². The fraction of sp³-hybridized carbons (Fsp3) is 0.714. The highest BCUT2D eigenvalue weighted by molar-refractivity contribution is 7.99. The van der Waals surface area contributed by atoms with E-state index < -0.39 is 0 Å². The summed E-state index contributed by atoms with van der Waals surface area (Å²) in [6.07, 6.45) is 3.05. The molecule has 29 heavy (non-hydrogen) atoms. The number of aliphatic hydroxyl groups excluding tert-OH is 1. The molecule has 4 heterocycles. The highest BCUT2D eigenvalue weighted by Gasteiger charge is 2.34. The molecule has 160 valence electrons. The van der Waals surface area contributed by atoms with Gasteiger partial charge in [-0.2, -0.15) is 0 Å². The van der Waals surface area contributed by atoms with Crippen LogP contribution in [0.5, 0.6) is 0 Å². The lowest BCUT2D eigenvalue weighted by molar-refractivity contribution is -0.0543. The summed E-state index contributed by atoms with van der Waals surface area (Å²) in [7, 11) is 0. The summed E-state index contributed by atoms with van der Waals surface area (Å²) < 4.78 is 6.21. The van der Waals surface area contributed by atoms with Crippen molar-refractivity contribution < 1.29 is 9.84 Å². The van der Waals surface area contributed by atoms with Crippen molar-refractivity contribution in [3.63, 3.8) is 0 Å². The van der Waals surface area contributed by atoms with Crippen molar-refractivity contribution >= 4 is 39.1 Å². The Morgan fingerprint density at radius 1 is 1.21 bits per heavy atom. The van der Waals surface area contributed by atoms with Gasteiger partial charge in [-0.3, -0.25) is 4.90 Å². The van der Waals surface area contributed by atoms with Gasteiger partial charge in [-0.1, -0.05) is 25.6 Å². The minimum absolute atomic E-state index is 0.103. The first kappa shape index (κ1) is 21.3. The molecular formula is C21H32N4O2S2. The van der Waals surface area contributed by atoms with Gasteiger partial charge < -0.3 is 14.7 Å². The average molecular weight is 437 g/mol. The van der Waals surface area contributed by atoms with E-state index in [9.17, 15) is 5.11 Å². The van der Waals surface area contributed by atoms with Gasteiger partial charge in [0.2, 0.25) is 0 Å². The largest absolute Gasteiger partial charge is 0.395 e. The van der Waals surface area contributed by atoms with Crippen LogP contribution in [0.4, 0.5) is 5.82 Å². The third kappa shape index (κ3) is 4.42. The fourth-order valence-corrected chi connectivity index (χ4v) is 5.92. The van der Waals surface area contributed by atoms with E-state index in [-0.39, 0.29) is 12.2 Å². The molecule has 2 aliphatic rings. The quantitative estimate of drug-likeness (QED) is 0.526. The number of rotatable bonds is 7. The molecule has 1 unspecified atom stereocenters. The summed E-state index contributed by atoms with van der Waals surface area (Å²) in [6.45, 7) is 12.1. The van der Waals surface area contributed by atoms with Gasteiger partial charge in [0.05, 0.1) is 24.2 Å². The normalized spacial score (nSPS) is 23.0. The maximum atomic E-state index is 9.25. The van der Waals surface area contributed by atoms with Crippen LogP contribution in [-0.2, 0) is 17.8 Å². The molecule has 0 aliphatic carbocycles. The second kappa shape index (κ2) is 9.06. The van der Waals surface area contributed by atoms with Crippen molar-refractivity contribution in [3.8, 4) is 0 Å². The Morgan fingerprint density at radius 2 is 2.00 bits per heavy atom. The first-order chi connectivity index (χ1) is 14.1.